The van der Waals surface area contributed by atoms with Gasteiger partial charge in [0.1, 0.15) is 0 Å². The number of carbonyl (C=O) groups is 1. The number of nitrogens with zero attached hydrogens (tertiary/aromatic N) is 2. The lowest BCUT2D eigenvalue weighted by atomic mass is 10.1. The Hall–Kier alpha value is -1.79. The Morgan fingerprint density at radius 3 is 2.58 bits per heavy atom. The molecule has 0 aliphatic heterocycles. The molecule has 19 heavy (non-hydrogen) atoms. The molecule has 5 nitrogen and oxygen atoms in total. The molecule has 0 aliphatic rings. The number of nitrogens with one attached hydrogen (secondary N) is 1. The highest BCUT2D eigenvalue weighted by atomic mass is 79.9. The summed E-state index contributed by atoms with van der Waals surface area (Å²) in [6, 6.07) is 8.47. The molecule has 0 radical (unpaired) electrons. The molecule has 0 saturated heterocycles. The van der Waals surface area contributed by atoms with E-state index in [1.54, 1.807) is 19.3 Å². The van der Waals surface area contributed by atoms with E-state index in [-0.39, 0.29) is 5.82 Å². The van der Waals surface area contributed by atoms with Crippen LogP contribution in [0, 0.1) is 0 Å². The van der Waals surface area contributed by atoms with Crippen LogP contribution in [0.4, 0.5) is 0 Å². The van der Waals surface area contributed by atoms with Crippen molar-refractivity contribution in [2.75, 3.05) is 7.05 Å². The Morgan fingerprint density at radius 1 is 1.32 bits per heavy atom. The molecule has 0 amide bonds. The normalized spacial score (nSPS) is 12.1. The predicted molar refractivity (Wildman–Crippen MR) is 74.6 cm³/mol. The van der Waals surface area contributed by atoms with Crippen LogP contribution < -0.4 is 5.32 Å². The van der Waals surface area contributed by atoms with Crippen molar-refractivity contribution in [2.24, 2.45) is 0 Å². The lowest BCUT2D eigenvalue weighted by Gasteiger charge is -2.10. The van der Waals surface area contributed by atoms with Crippen LogP contribution in [0.2, 0.25) is 0 Å². The van der Waals surface area contributed by atoms with Crippen molar-refractivity contribution in [3.05, 3.63) is 46.8 Å². The number of aliphatic carboxylic acids is 1. The van der Waals surface area contributed by atoms with Gasteiger partial charge in [0.05, 0.1) is 5.69 Å². The standard InChI is InChI=1S/C13H12BrN3O2/c1-15-11(13(18)19)12-16-7-6-10(17-12)8-2-4-9(14)5-3-8/h2-7,11,15H,1H3,(H,18,19). The lowest BCUT2D eigenvalue weighted by molar-refractivity contribution is -0.139. The van der Waals surface area contributed by atoms with E-state index in [1.807, 2.05) is 24.3 Å². The summed E-state index contributed by atoms with van der Waals surface area (Å²) in [5.41, 5.74) is 1.60. The summed E-state index contributed by atoms with van der Waals surface area (Å²) in [7, 11) is 1.56. The first-order chi connectivity index (χ1) is 9.11. The SMILES string of the molecule is CNC(C(=O)O)c1nccc(-c2ccc(Br)cc2)n1. The van der Waals surface area contributed by atoms with Gasteiger partial charge in [-0.05, 0) is 25.2 Å². The summed E-state index contributed by atoms with van der Waals surface area (Å²) >= 11 is 3.37. The number of hydrogen-bond donors (Lipinski definition) is 2. The van der Waals surface area contributed by atoms with Crippen molar-refractivity contribution in [1.82, 2.24) is 15.3 Å². The predicted octanol–water partition coefficient (Wildman–Crippen LogP) is 2.25. The molecular weight excluding hydrogens is 310 g/mol. The number of hydrogen-bond acceptors (Lipinski definition) is 4. The third-order valence-electron chi connectivity index (χ3n) is 2.61. The summed E-state index contributed by atoms with van der Waals surface area (Å²) in [6.45, 7) is 0. The van der Waals surface area contributed by atoms with E-state index in [2.05, 4.69) is 31.2 Å². The van der Waals surface area contributed by atoms with E-state index in [1.165, 1.54) is 0 Å². The van der Waals surface area contributed by atoms with Crippen LogP contribution in [-0.2, 0) is 4.79 Å². The molecule has 2 N–H and O–H groups in total. The summed E-state index contributed by atoms with van der Waals surface area (Å²) in [6.07, 6.45) is 1.56. The van der Waals surface area contributed by atoms with Crippen molar-refractivity contribution in [3.8, 4) is 11.3 Å². The molecular formula is C13H12BrN3O2. The zero-order valence-electron chi connectivity index (χ0n) is 10.2. The molecule has 1 heterocycles. The highest BCUT2D eigenvalue weighted by Gasteiger charge is 2.20. The lowest BCUT2D eigenvalue weighted by Crippen LogP contribution is -2.27. The molecule has 1 aromatic carbocycles. The topological polar surface area (TPSA) is 75.1 Å². The molecule has 1 unspecified atom stereocenters. The van der Waals surface area contributed by atoms with Gasteiger partial charge in [-0.2, -0.15) is 0 Å². The summed E-state index contributed by atoms with van der Waals surface area (Å²) in [4.78, 5) is 19.4. The van der Waals surface area contributed by atoms with Gasteiger partial charge in [-0.15, -0.1) is 0 Å². The van der Waals surface area contributed by atoms with Crippen LogP contribution >= 0.6 is 15.9 Å². The second-order valence-corrected chi connectivity index (χ2v) is 4.78. The van der Waals surface area contributed by atoms with Gasteiger partial charge in [-0.3, -0.25) is 4.79 Å². The van der Waals surface area contributed by atoms with Crippen LogP contribution in [0.1, 0.15) is 11.9 Å². The van der Waals surface area contributed by atoms with Crippen molar-refractivity contribution >= 4 is 21.9 Å². The van der Waals surface area contributed by atoms with Crippen molar-refractivity contribution in [3.63, 3.8) is 0 Å². The largest absolute Gasteiger partial charge is 0.480 e. The molecule has 1 aromatic heterocycles. The van der Waals surface area contributed by atoms with Crippen molar-refractivity contribution < 1.29 is 9.90 Å². The van der Waals surface area contributed by atoms with Crippen LogP contribution in [0.15, 0.2) is 41.0 Å². The second-order valence-electron chi connectivity index (χ2n) is 3.87. The minimum absolute atomic E-state index is 0.246. The van der Waals surface area contributed by atoms with E-state index in [0.29, 0.717) is 5.69 Å². The van der Waals surface area contributed by atoms with Gasteiger partial charge in [-0.25, -0.2) is 9.97 Å². The summed E-state index contributed by atoms with van der Waals surface area (Å²) < 4.78 is 0.976. The zero-order chi connectivity index (χ0) is 13.8. The monoisotopic (exact) mass is 321 g/mol. The molecule has 0 saturated carbocycles. The fourth-order valence-electron chi connectivity index (χ4n) is 1.66. The molecule has 2 rings (SSSR count). The van der Waals surface area contributed by atoms with Gasteiger partial charge < -0.3 is 10.4 Å². The average Bonchev–Trinajstić information content (AvgIpc) is 2.40. The number of aromatic nitrogens is 2. The van der Waals surface area contributed by atoms with Gasteiger partial charge in [0.2, 0.25) is 0 Å². The Bertz CT molecular complexity index is 587. The Morgan fingerprint density at radius 2 is 2.00 bits per heavy atom. The number of benzene rings is 1. The minimum Gasteiger partial charge on any atom is -0.480 e. The number of carboxylic acid groups (broad SMARTS) is 1. The highest BCUT2D eigenvalue weighted by Crippen LogP contribution is 2.20. The smallest absolute Gasteiger partial charge is 0.328 e. The summed E-state index contributed by atoms with van der Waals surface area (Å²) in [5.74, 6) is -0.758. The molecule has 0 spiro atoms. The maximum Gasteiger partial charge on any atom is 0.328 e. The maximum atomic E-state index is 11.1. The van der Waals surface area contributed by atoms with Crippen LogP contribution in [-0.4, -0.2) is 28.1 Å². The number of rotatable bonds is 4. The van der Waals surface area contributed by atoms with E-state index in [9.17, 15) is 4.79 Å². The van der Waals surface area contributed by atoms with Crippen LogP contribution in [0.25, 0.3) is 11.3 Å². The van der Waals surface area contributed by atoms with Crippen molar-refractivity contribution in [1.29, 1.82) is 0 Å². The van der Waals surface area contributed by atoms with E-state index in [4.69, 9.17) is 5.11 Å². The molecule has 6 heteroatoms. The number of likely N-dealkylation sites (N-methyl/N-ethyl adjacent to an activating group) is 1. The van der Waals surface area contributed by atoms with Gasteiger partial charge in [0.15, 0.2) is 11.9 Å². The van der Waals surface area contributed by atoms with Crippen molar-refractivity contribution in [2.45, 2.75) is 6.04 Å². The molecule has 0 aliphatic carbocycles. The highest BCUT2D eigenvalue weighted by molar-refractivity contribution is 9.10. The fourth-order valence-corrected chi connectivity index (χ4v) is 1.92. The van der Waals surface area contributed by atoms with E-state index in [0.717, 1.165) is 10.0 Å². The summed E-state index contributed by atoms with van der Waals surface area (Å²) in [5, 5.41) is 11.7. The second kappa shape index (κ2) is 5.90. The first-order valence-corrected chi connectivity index (χ1v) is 6.40. The van der Waals surface area contributed by atoms with E-state index < -0.39 is 12.0 Å². The third-order valence-corrected chi connectivity index (χ3v) is 3.14. The van der Waals surface area contributed by atoms with Crippen LogP contribution in [0.3, 0.4) is 0 Å². The molecule has 0 bridgehead atoms. The molecule has 2 aromatic rings. The zero-order valence-corrected chi connectivity index (χ0v) is 11.8. The number of carboxylic acids is 1. The Kier molecular flexibility index (Phi) is 4.24. The molecule has 98 valence electrons. The first kappa shape index (κ1) is 13.6. The fraction of sp³-hybridized carbons (Fsp3) is 0.154. The van der Waals surface area contributed by atoms with Gasteiger partial charge in [0, 0.05) is 16.2 Å². The average molecular weight is 322 g/mol. The quantitative estimate of drug-likeness (QED) is 0.903. The van der Waals surface area contributed by atoms with Gasteiger partial charge >= 0.3 is 5.97 Å². The van der Waals surface area contributed by atoms with Crippen LogP contribution in [0.5, 0.6) is 0 Å². The molecule has 0 fully saturated rings. The van der Waals surface area contributed by atoms with Gasteiger partial charge in [-0.1, -0.05) is 28.1 Å². The van der Waals surface area contributed by atoms with Gasteiger partial charge in [0.25, 0.3) is 0 Å². The minimum atomic E-state index is -1.00. The Labute approximate surface area is 118 Å². The maximum absolute atomic E-state index is 11.1. The Balaban J connectivity index is 2.38. The number of halogens is 1. The molecule has 1 atom stereocenters. The first-order valence-electron chi connectivity index (χ1n) is 5.61. The third kappa shape index (κ3) is 3.15. The van der Waals surface area contributed by atoms with E-state index >= 15 is 0 Å².